The van der Waals surface area contributed by atoms with Gasteiger partial charge in [0.15, 0.2) is 0 Å². The minimum atomic E-state index is -3.51. The number of aryl methyl sites for hydroxylation is 1. The number of hydrogen-bond donors (Lipinski definition) is 0. The van der Waals surface area contributed by atoms with Crippen LogP contribution in [0.25, 0.3) is 0 Å². The Balaban J connectivity index is 1.69. The second kappa shape index (κ2) is 8.04. The highest BCUT2D eigenvalue weighted by Crippen LogP contribution is 2.32. The van der Waals surface area contributed by atoms with Crippen molar-refractivity contribution in [3.05, 3.63) is 59.2 Å². The highest BCUT2D eigenvalue weighted by Gasteiger charge is 2.27. The van der Waals surface area contributed by atoms with E-state index in [2.05, 4.69) is 31.2 Å². The topological polar surface area (TPSA) is 57.7 Å². The number of rotatable bonds is 6. The number of hydrogen-bond acceptors (Lipinski definition) is 4. The fourth-order valence-corrected chi connectivity index (χ4v) is 4.79. The molecule has 0 bridgehead atoms. The zero-order valence-corrected chi connectivity index (χ0v) is 17.4. The maximum Gasteiger partial charge on any atom is 0.242 e. The van der Waals surface area contributed by atoms with Gasteiger partial charge in [-0.2, -0.15) is 0 Å². The van der Waals surface area contributed by atoms with E-state index >= 15 is 0 Å². The van der Waals surface area contributed by atoms with Crippen LogP contribution in [0.15, 0.2) is 47.4 Å². The van der Waals surface area contributed by atoms with E-state index in [-0.39, 0.29) is 10.8 Å². The lowest BCUT2D eigenvalue weighted by molar-refractivity contribution is -0.116. The first-order valence-electron chi connectivity index (χ1n) is 8.78. The normalized spacial score (nSPS) is 13.9. The number of carbonyl (C=O) groups is 1. The molecule has 0 fully saturated rings. The van der Waals surface area contributed by atoms with Crippen LogP contribution in [-0.4, -0.2) is 45.0 Å². The minimum Gasteiger partial charge on any atom is -0.311 e. The number of carbonyl (C=O) groups excluding carboxylic acids is 1. The molecule has 0 saturated carbocycles. The predicted molar refractivity (Wildman–Crippen MR) is 111 cm³/mol. The molecule has 0 aliphatic carbocycles. The summed E-state index contributed by atoms with van der Waals surface area (Å²) in [7, 11) is -0.500. The molecule has 5 nitrogen and oxygen atoms in total. The predicted octanol–water partition coefficient (Wildman–Crippen LogP) is 3.07. The van der Waals surface area contributed by atoms with Gasteiger partial charge in [-0.05, 0) is 36.6 Å². The van der Waals surface area contributed by atoms with E-state index < -0.39 is 10.0 Å². The lowest BCUT2D eigenvalue weighted by Crippen LogP contribution is -2.30. The van der Waals surface area contributed by atoms with E-state index in [0.717, 1.165) is 23.4 Å². The molecule has 1 amide bonds. The molecule has 0 radical (unpaired) electrons. The fourth-order valence-electron chi connectivity index (χ4n) is 3.01. The Morgan fingerprint density at radius 1 is 1.15 bits per heavy atom. The monoisotopic (exact) mass is 404 g/mol. The molecule has 3 rings (SSSR count). The van der Waals surface area contributed by atoms with Crippen LogP contribution >= 0.6 is 11.8 Å². The van der Waals surface area contributed by atoms with Crippen LogP contribution in [0.2, 0.25) is 0 Å². The van der Waals surface area contributed by atoms with Gasteiger partial charge in [0.05, 0.1) is 10.6 Å². The van der Waals surface area contributed by atoms with E-state index in [0.29, 0.717) is 12.3 Å². The van der Waals surface area contributed by atoms with Gasteiger partial charge in [0.1, 0.15) is 0 Å². The third kappa shape index (κ3) is 4.36. The van der Waals surface area contributed by atoms with E-state index in [9.17, 15) is 13.2 Å². The highest BCUT2D eigenvalue weighted by atomic mass is 32.2. The van der Waals surface area contributed by atoms with Crippen molar-refractivity contribution in [3.63, 3.8) is 0 Å². The summed E-state index contributed by atoms with van der Waals surface area (Å²) in [6, 6.07) is 13.4. The zero-order valence-electron chi connectivity index (χ0n) is 15.8. The molecule has 1 aliphatic rings. The Morgan fingerprint density at radius 3 is 2.52 bits per heavy atom. The van der Waals surface area contributed by atoms with Gasteiger partial charge >= 0.3 is 0 Å². The van der Waals surface area contributed by atoms with Crippen molar-refractivity contribution < 1.29 is 13.2 Å². The smallest absolute Gasteiger partial charge is 0.242 e. The average Bonchev–Trinajstić information content (AvgIpc) is 3.06. The van der Waals surface area contributed by atoms with Crippen molar-refractivity contribution in [1.29, 1.82) is 0 Å². The summed E-state index contributed by atoms with van der Waals surface area (Å²) in [5, 5.41) is 0. The maximum absolute atomic E-state index is 12.7. The maximum atomic E-state index is 12.7. The SMILES string of the molecule is Cc1ccc(CSCC(=O)N2CCc3ccc(S(=O)(=O)N(C)C)cc32)cc1. The molecule has 0 atom stereocenters. The Labute approximate surface area is 165 Å². The van der Waals surface area contributed by atoms with Crippen molar-refractivity contribution in [2.45, 2.75) is 24.0 Å². The first-order valence-corrected chi connectivity index (χ1v) is 11.4. The molecule has 7 heteroatoms. The van der Waals surface area contributed by atoms with Gasteiger partial charge in [0, 0.05) is 32.1 Å². The van der Waals surface area contributed by atoms with Crippen LogP contribution in [0.3, 0.4) is 0 Å². The summed E-state index contributed by atoms with van der Waals surface area (Å²) in [6.07, 6.45) is 0.756. The first-order chi connectivity index (χ1) is 12.8. The summed E-state index contributed by atoms with van der Waals surface area (Å²) < 4.78 is 25.9. The Morgan fingerprint density at radius 2 is 1.85 bits per heavy atom. The average molecular weight is 405 g/mol. The van der Waals surface area contributed by atoms with Crippen LogP contribution in [0.5, 0.6) is 0 Å². The number of benzene rings is 2. The van der Waals surface area contributed by atoms with Gasteiger partial charge in [0.25, 0.3) is 0 Å². The van der Waals surface area contributed by atoms with Gasteiger partial charge in [-0.1, -0.05) is 35.9 Å². The summed E-state index contributed by atoms with van der Waals surface area (Å²) in [6.45, 7) is 2.65. The molecular formula is C20H24N2O3S2. The number of fused-ring (bicyclic) bond motifs is 1. The zero-order chi connectivity index (χ0) is 19.6. The first kappa shape index (κ1) is 19.9. The second-order valence-corrected chi connectivity index (χ2v) is 9.99. The van der Waals surface area contributed by atoms with Gasteiger partial charge in [0.2, 0.25) is 15.9 Å². The van der Waals surface area contributed by atoms with Crippen molar-refractivity contribution >= 4 is 33.4 Å². The van der Waals surface area contributed by atoms with Crippen molar-refractivity contribution in [3.8, 4) is 0 Å². The molecule has 1 aliphatic heterocycles. The molecule has 0 saturated heterocycles. The summed E-state index contributed by atoms with van der Waals surface area (Å²) in [5.74, 6) is 1.17. The van der Waals surface area contributed by atoms with Gasteiger partial charge in [-0.3, -0.25) is 4.79 Å². The second-order valence-electron chi connectivity index (χ2n) is 6.85. The van der Waals surface area contributed by atoms with Crippen molar-refractivity contribution in [2.75, 3.05) is 31.3 Å². The minimum absolute atomic E-state index is 0.0188. The largest absolute Gasteiger partial charge is 0.311 e. The Kier molecular flexibility index (Phi) is 5.93. The standard InChI is InChI=1S/C20H24N2O3S2/c1-15-4-6-16(7-5-15)13-26-14-20(23)22-11-10-17-8-9-18(12-19(17)22)27(24,25)21(2)3/h4-9,12H,10-11,13-14H2,1-3H3. The summed E-state index contributed by atoms with van der Waals surface area (Å²) in [5.41, 5.74) is 4.15. The lowest BCUT2D eigenvalue weighted by Gasteiger charge is -2.19. The molecule has 2 aromatic carbocycles. The van der Waals surface area contributed by atoms with Crippen LogP contribution in [0.1, 0.15) is 16.7 Å². The number of amides is 1. The number of nitrogens with zero attached hydrogens (tertiary/aromatic N) is 2. The Hall–Kier alpha value is -1.83. The number of anilines is 1. The fraction of sp³-hybridized carbons (Fsp3) is 0.350. The third-order valence-corrected chi connectivity index (χ3v) is 7.45. The number of thioether (sulfide) groups is 1. The van der Waals surface area contributed by atoms with Gasteiger partial charge in [-0.15, -0.1) is 11.8 Å². The molecule has 144 valence electrons. The van der Waals surface area contributed by atoms with E-state index in [4.69, 9.17) is 0 Å². The van der Waals surface area contributed by atoms with Crippen LogP contribution in [0.4, 0.5) is 5.69 Å². The molecule has 1 heterocycles. The summed E-state index contributed by atoms with van der Waals surface area (Å²) >= 11 is 1.58. The molecular weight excluding hydrogens is 380 g/mol. The van der Waals surface area contributed by atoms with Gasteiger partial charge in [-0.25, -0.2) is 12.7 Å². The van der Waals surface area contributed by atoms with E-state index in [1.165, 1.54) is 29.5 Å². The molecule has 0 spiro atoms. The lowest BCUT2D eigenvalue weighted by atomic mass is 10.2. The van der Waals surface area contributed by atoms with E-state index in [1.54, 1.807) is 28.8 Å². The summed E-state index contributed by atoms with van der Waals surface area (Å²) in [4.78, 5) is 14.6. The van der Waals surface area contributed by atoms with Crippen LogP contribution in [0, 0.1) is 6.92 Å². The van der Waals surface area contributed by atoms with Crippen molar-refractivity contribution in [2.24, 2.45) is 0 Å². The van der Waals surface area contributed by atoms with Crippen LogP contribution in [-0.2, 0) is 27.0 Å². The van der Waals surface area contributed by atoms with Crippen LogP contribution < -0.4 is 4.90 Å². The molecule has 27 heavy (non-hydrogen) atoms. The molecule has 0 unspecified atom stereocenters. The third-order valence-electron chi connectivity index (χ3n) is 4.65. The van der Waals surface area contributed by atoms with Gasteiger partial charge < -0.3 is 4.90 Å². The molecule has 0 aromatic heterocycles. The highest BCUT2D eigenvalue weighted by molar-refractivity contribution is 7.99. The molecule has 2 aromatic rings. The Bertz CT molecular complexity index is 938. The van der Waals surface area contributed by atoms with E-state index in [1.807, 2.05) is 6.07 Å². The molecule has 0 N–H and O–H groups in total. The number of sulfonamides is 1. The quantitative estimate of drug-likeness (QED) is 0.742. The van der Waals surface area contributed by atoms with Crippen molar-refractivity contribution in [1.82, 2.24) is 4.31 Å².